The summed E-state index contributed by atoms with van der Waals surface area (Å²) < 4.78 is 12.5. The highest BCUT2D eigenvalue weighted by Crippen LogP contribution is 2.44. The zero-order chi connectivity index (χ0) is 25.1. The molecular formula is C25H27N3O7. The number of pyridine rings is 2. The van der Waals surface area contributed by atoms with Gasteiger partial charge in [0.2, 0.25) is 0 Å². The molecule has 0 bridgehead atoms. The Morgan fingerprint density at radius 3 is 2.74 bits per heavy atom. The van der Waals surface area contributed by atoms with Gasteiger partial charge in [0.15, 0.2) is 11.8 Å². The van der Waals surface area contributed by atoms with Crippen molar-refractivity contribution in [3.05, 3.63) is 56.9 Å². The van der Waals surface area contributed by atoms with Crippen molar-refractivity contribution in [2.45, 2.75) is 38.3 Å². The number of hydrogen-bond donors (Lipinski definition) is 3. The van der Waals surface area contributed by atoms with Gasteiger partial charge in [0.05, 0.1) is 35.7 Å². The van der Waals surface area contributed by atoms with E-state index < -0.39 is 23.4 Å². The molecule has 10 heteroatoms. The number of hydrogen-bond acceptors (Lipinski definition) is 9. The van der Waals surface area contributed by atoms with Crippen molar-refractivity contribution in [2.75, 3.05) is 27.3 Å². The molecule has 2 atom stereocenters. The monoisotopic (exact) mass is 481 g/mol. The molecule has 4 heterocycles. The number of aromatic nitrogens is 2. The quantitative estimate of drug-likeness (QED) is 0.446. The molecule has 0 saturated heterocycles. The first kappa shape index (κ1) is 23.4. The van der Waals surface area contributed by atoms with Crippen LogP contribution in [0.15, 0.2) is 29.1 Å². The van der Waals surface area contributed by atoms with Crippen molar-refractivity contribution >= 4 is 16.9 Å². The van der Waals surface area contributed by atoms with Crippen molar-refractivity contribution in [1.82, 2.24) is 14.5 Å². The standard InChI is InChI=1S/C25H27N3O7/c1-4-25(33)17-10-19-21-14(9-13-15(11-27(2)3)20(30)6-5-18(13)26-21)23(34-8-7-29)28(19)22(31)16(17)12-35-24(25)32/h5-6,9-10,23,29-30,33H,4,7-8,11-12H2,1-3H3/t23?,25-/m0/s1. The molecule has 35 heavy (non-hydrogen) atoms. The minimum atomic E-state index is -1.94. The molecule has 1 aromatic carbocycles. The molecular weight excluding hydrogens is 454 g/mol. The number of nitrogens with zero attached hydrogens (tertiary/aromatic N) is 3. The zero-order valence-electron chi connectivity index (χ0n) is 19.7. The third-order valence-electron chi connectivity index (χ3n) is 6.68. The van der Waals surface area contributed by atoms with Crippen molar-refractivity contribution in [1.29, 1.82) is 0 Å². The summed E-state index contributed by atoms with van der Waals surface area (Å²) in [6.07, 6.45) is -0.846. The molecule has 0 amide bonds. The maximum absolute atomic E-state index is 13.7. The summed E-state index contributed by atoms with van der Waals surface area (Å²) >= 11 is 0. The fraction of sp³-hybridized carbons (Fsp3) is 0.400. The summed E-state index contributed by atoms with van der Waals surface area (Å²) in [4.78, 5) is 32.8. The van der Waals surface area contributed by atoms with Crippen LogP contribution < -0.4 is 5.56 Å². The summed E-state index contributed by atoms with van der Waals surface area (Å²) in [7, 11) is 3.79. The van der Waals surface area contributed by atoms with Gasteiger partial charge in [-0.25, -0.2) is 9.78 Å². The van der Waals surface area contributed by atoms with Gasteiger partial charge in [0.1, 0.15) is 12.4 Å². The SMILES string of the molecule is CC[C@@]1(O)C(=O)OCc2c1cc1n(c2=O)C(OCCO)c2cc3c(CN(C)C)c(O)ccc3nc2-1. The Balaban J connectivity index is 1.81. The van der Waals surface area contributed by atoms with Crippen LogP contribution in [0.25, 0.3) is 22.3 Å². The Kier molecular flexibility index (Phi) is 5.64. The number of phenolic OH excluding ortho intramolecular Hbond substituents is 1. The van der Waals surface area contributed by atoms with Crippen LogP contribution in [0.3, 0.4) is 0 Å². The maximum Gasteiger partial charge on any atom is 0.343 e. The second-order valence-corrected chi connectivity index (χ2v) is 9.13. The number of esters is 1. The minimum Gasteiger partial charge on any atom is -0.508 e. The smallest absolute Gasteiger partial charge is 0.343 e. The topological polar surface area (TPSA) is 134 Å². The largest absolute Gasteiger partial charge is 0.508 e. The third-order valence-corrected chi connectivity index (χ3v) is 6.68. The van der Waals surface area contributed by atoms with Crippen molar-refractivity contribution in [3.8, 4) is 17.1 Å². The lowest BCUT2D eigenvalue weighted by molar-refractivity contribution is -0.172. The van der Waals surface area contributed by atoms with Gasteiger partial charge in [-0.3, -0.25) is 9.36 Å². The van der Waals surface area contributed by atoms with E-state index in [1.807, 2.05) is 25.1 Å². The van der Waals surface area contributed by atoms with Gasteiger partial charge in [-0.1, -0.05) is 6.92 Å². The maximum atomic E-state index is 13.7. The van der Waals surface area contributed by atoms with Gasteiger partial charge in [-0.15, -0.1) is 0 Å². The lowest BCUT2D eigenvalue weighted by atomic mass is 9.86. The Bertz CT molecular complexity index is 1410. The summed E-state index contributed by atoms with van der Waals surface area (Å²) in [6, 6.07) is 6.74. The van der Waals surface area contributed by atoms with Crippen molar-refractivity contribution in [2.24, 2.45) is 0 Å². The van der Waals surface area contributed by atoms with Crippen LogP contribution in [0.1, 0.15) is 41.8 Å². The van der Waals surface area contributed by atoms with E-state index in [0.29, 0.717) is 40.0 Å². The highest BCUT2D eigenvalue weighted by Gasteiger charge is 2.46. The number of cyclic esters (lactones) is 1. The molecule has 3 aromatic rings. The van der Waals surface area contributed by atoms with Crippen LogP contribution in [0.5, 0.6) is 5.75 Å². The molecule has 0 spiro atoms. The summed E-state index contributed by atoms with van der Waals surface area (Å²) in [5, 5.41) is 31.8. The van der Waals surface area contributed by atoms with E-state index in [1.54, 1.807) is 25.1 Å². The Labute approximate surface area is 201 Å². The second-order valence-electron chi connectivity index (χ2n) is 9.13. The van der Waals surface area contributed by atoms with E-state index in [2.05, 4.69) is 0 Å². The van der Waals surface area contributed by atoms with Crippen LogP contribution in [0.2, 0.25) is 0 Å². The molecule has 184 valence electrons. The summed E-state index contributed by atoms with van der Waals surface area (Å²) in [5.74, 6) is -0.661. The highest BCUT2D eigenvalue weighted by atomic mass is 16.6. The van der Waals surface area contributed by atoms with E-state index in [1.165, 1.54) is 4.57 Å². The lowest BCUT2D eigenvalue weighted by Crippen LogP contribution is -2.44. The van der Waals surface area contributed by atoms with Crippen LogP contribution in [0.4, 0.5) is 0 Å². The van der Waals surface area contributed by atoms with Crippen molar-refractivity contribution < 1.29 is 29.6 Å². The van der Waals surface area contributed by atoms with Gasteiger partial charge in [0.25, 0.3) is 5.56 Å². The predicted octanol–water partition coefficient (Wildman–Crippen LogP) is 1.35. The first-order chi connectivity index (χ1) is 16.7. The zero-order valence-corrected chi connectivity index (χ0v) is 19.7. The number of aromatic hydroxyl groups is 1. The van der Waals surface area contributed by atoms with Gasteiger partial charge in [-0.2, -0.15) is 0 Å². The van der Waals surface area contributed by atoms with Crippen LogP contribution in [-0.4, -0.2) is 63.0 Å². The number of carbonyl (C=O) groups is 1. The van der Waals surface area contributed by atoms with E-state index in [4.69, 9.17) is 14.5 Å². The summed E-state index contributed by atoms with van der Waals surface area (Å²) in [6.45, 7) is 1.59. The lowest BCUT2D eigenvalue weighted by Gasteiger charge is -2.32. The molecule has 0 aliphatic carbocycles. The van der Waals surface area contributed by atoms with Crippen LogP contribution >= 0.6 is 0 Å². The van der Waals surface area contributed by atoms with Crippen LogP contribution in [-0.2, 0) is 33.0 Å². The van der Waals surface area contributed by atoms with Crippen molar-refractivity contribution in [3.63, 3.8) is 0 Å². The van der Waals surface area contributed by atoms with Gasteiger partial charge >= 0.3 is 5.97 Å². The molecule has 10 nitrogen and oxygen atoms in total. The summed E-state index contributed by atoms with van der Waals surface area (Å²) in [5.41, 5.74) is 0.751. The predicted molar refractivity (Wildman–Crippen MR) is 126 cm³/mol. The van der Waals surface area contributed by atoms with E-state index in [-0.39, 0.29) is 43.1 Å². The van der Waals surface area contributed by atoms with Gasteiger partial charge in [0, 0.05) is 28.6 Å². The molecule has 3 N–H and O–H groups in total. The molecule has 0 radical (unpaired) electrons. The Morgan fingerprint density at radius 2 is 2.06 bits per heavy atom. The number of carbonyl (C=O) groups excluding carboxylic acids is 1. The number of aliphatic hydroxyl groups excluding tert-OH is 1. The first-order valence-electron chi connectivity index (χ1n) is 11.4. The molecule has 2 aliphatic heterocycles. The van der Waals surface area contributed by atoms with Gasteiger partial charge < -0.3 is 29.7 Å². The van der Waals surface area contributed by atoms with Gasteiger partial charge in [-0.05, 0) is 44.8 Å². The molecule has 0 fully saturated rings. The molecule has 0 saturated carbocycles. The average Bonchev–Trinajstić information content (AvgIpc) is 3.13. The number of aliphatic hydroxyl groups is 2. The molecule has 1 unspecified atom stereocenters. The molecule has 2 aliphatic rings. The fourth-order valence-electron chi connectivity index (χ4n) is 4.94. The fourth-order valence-corrected chi connectivity index (χ4v) is 4.94. The van der Waals surface area contributed by atoms with E-state index >= 15 is 0 Å². The average molecular weight is 482 g/mol. The normalized spacial score (nSPS) is 20.6. The third kappa shape index (κ3) is 3.44. The van der Waals surface area contributed by atoms with E-state index in [0.717, 1.165) is 0 Å². The second kappa shape index (κ2) is 8.42. The molecule has 2 aromatic heterocycles. The highest BCUT2D eigenvalue weighted by molar-refractivity contribution is 5.89. The molecule has 5 rings (SSSR count). The number of rotatable bonds is 6. The Hall–Kier alpha value is -3.31. The van der Waals surface area contributed by atoms with Crippen LogP contribution in [0, 0.1) is 0 Å². The minimum absolute atomic E-state index is 0.0242. The Morgan fingerprint density at radius 1 is 1.29 bits per heavy atom. The number of ether oxygens (including phenoxy) is 2. The first-order valence-corrected chi connectivity index (χ1v) is 11.4. The van der Waals surface area contributed by atoms with E-state index in [9.17, 15) is 24.9 Å². The number of benzene rings is 1. The number of fused-ring (bicyclic) bond motifs is 5. The number of phenols is 1.